The maximum Gasteiger partial charge on any atom is 0.416 e. The molecule has 0 saturated carbocycles. The van der Waals surface area contributed by atoms with Gasteiger partial charge in [0.2, 0.25) is 5.91 Å². The average Bonchev–Trinajstić information content (AvgIpc) is 2.76. The van der Waals surface area contributed by atoms with E-state index in [4.69, 9.17) is 10.5 Å². The van der Waals surface area contributed by atoms with E-state index in [0.717, 1.165) is 12.1 Å². The van der Waals surface area contributed by atoms with E-state index >= 15 is 0 Å². The molecule has 0 radical (unpaired) electrons. The summed E-state index contributed by atoms with van der Waals surface area (Å²) in [6, 6.07) is 8.45. The Kier molecular flexibility index (Phi) is 6.51. The Labute approximate surface area is 180 Å². The fourth-order valence-electron chi connectivity index (χ4n) is 3.29. The number of carbonyl (C=O) groups excluding carboxylic acids is 2. The number of nitrogens with two attached hydrogens (primary N) is 1. The molecule has 0 aromatic heterocycles. The van der Waals surface area contributed by atoms with E-state index in [1.165, 1.54) is 17.0 Å². The van der Waals surface area contributed by atoms with Gasteiger partial charge in [0.05, 0.1) is 10.5 Å². The third-order valence-corrected chi connectivity index (χ3v) is 4.95. The van der Waals surface area contributed by atoms with Gasteiger partial charge in [0.1, 0.15) is 11.4 Å². The number of carbonyl (C=O) groups is 2. The molecule has 3 rings (SSSR count). The predicted octanol–water partition coefficient (Wildman–Crippen LogP) is 2.44. The number of nitro groups is 1. The van der Waals surface area contributed by atoms with Gasteiger partial charge in [-0.15, -0.1) is 0 Å². The van der Waals surface area contributed by atoms with Crippen molar-refractivity contribution < 1.29 is 32.4 Å². The summed E-state index contributed by atoms with van der Waals surface area (Å²) in [5, 5.41) is 11.3. The lowest BCUT2D eigenvalue weighted by atomic mass is 10.1. The number of hydrogen-bond donors (Lipinski definition) is 1. The van der Waals surface area contributed by atoms with Crippen LogP contribution in [0.2, 0.25) is 0 Å². The number of nitro benzene ring substituents is 1. The molecule has 2 N–H and O–H groups in total. The first-order valence-electron chi connectivity index (χ1n) is 9.47. The highest BCUT2D eigenvalue weighted by Gasteiger charge is 2.34. The lowest BCUT2D eigenvalue weighted by Gasteiger charge is -2.35. The molecule has 0 aliphatic carbocycles. The number of piperazine rings is 1. The molecular weight excluding hydrogens is 433 g/mol. The van der Waals surface area contributed by atoms with Crippen LogP contribution in [0.25, 0.3) is 0 Å². The Morgan fingerprint density at radius 1 is 1.09 bits per heavy atom. The van der Waals surface area contributed by atoms with Crippen molar-refractivity contribution >= 4 is 23.2 Å². The quantitative estimate of drug-likeness (QED) is 0.531. The number of primary amides is 1. The number of nitrogens with zero attached hydrogens (tertiary/aromatic N) is 3. The van der Waals surface area contributed by atoms with Gasteiger partial charge < -0.3 is 20.3 Å². The van der Waals surface area contributed by atoms with Gasteiger partial charge in [-0.1, -0.05) is 6.07 Å². The number of rotatable bonds is 6. The van der Waals surface area contributed by atoms with Crippen molar-refractivity contribution in [2.75, 3.05) is 37.7 Å². The summed E-state index contributed by atoms with van der Waals surface area (Å²) in [5.74, 6) is -0.667. The minimum absolute atomic E-state index is 0.0645. The SMILES string of the molecule is NC(=O)c1cccc(OCC(=O)N2CCN(c3ccc(C(F)(F)F)cc3[N+](=O)[O-])CC2)c1. The van der Waals surface area contributed by atoms with E-state index < -0.39 is 28.3 Å². The monoisotopic (exact) mass is 452 g/mol. The number of benzene rings is 2. The number of alkyl halides is 3. The second-order valence-electron chi connectivity index (χ2n) is 7.01. The molecule has 32 heavy (non-hydrogen) atoms. The van der Waals surface area contributed by atoms with Crippen LogP contribution < -0.4 is 15.4 Å². The highest BCUT2D eigenvalue weighted by molar-refractivity contribution is 5.93. The zero-order chi connectivity index (χ0) is 23.5. The Balaban J connectivity index is 1.61. The van der Waals surface area contributed by atoms with E-state index in [2.05, 4.69) is 0 Å². The van der Waals surface area contributed by atoms with Crippen molar-refractivity contribution in [3.05, 3.63) is 63.7 Å². The van der Waals surface area contributed by atoms with Crippen molar-refractivity contribution in [3.8, 4) is 5.75 Å². The van der Waals surface area contributed by atoms with Crippen molar-refractivity contribution in [2.45, 2.75) is 6.18 Å². The highest BCUT2D eigenvalue weighted by Crippen LogP contribution is 2.36. The standard InChI is InChI=1S/C20H19F3N4O5/c21-20(22,23)14-4-5-16(17(11-14)27(30)31)25-6-8-26(9-7-25)18(28)12-32-15-3-1-2-13(10-15)19(24)29/h1-5,10-11H,6-9,12H2,(H2,24,29). The van der Waals surface area contributed by atoms with Crippen LogP contribution in [0.1, 0.15) is 15.9 Å². The summed E-state index contributed by atoms with van der Waals surface area (Å²) in [4.78, 5) is 37.1. The molecule has 2 amide bonds. The number of ether oxygens (including phenoxy) is 1. The molecule has 1 heterocycles. The molecule has 1 saturated heterocycles. The second-order valence-corrected chi connectivity index (χ2v) is 7.01. The fraction of sp³-hybridized carbons (Fsp3) is 0.300. The molecule has 12 heteroatoms. The molecule has 0 unspecified atom stereocenters. The Bertz CT molecular complexity index is 1040. The average molecular weight is 452 g/mol. The van der Waals surface area contributed by atoms with Gasteiger partial charge >= 0.3 is 6.18 Å². The van der Waals surface area contributed by atoms with E-state index in [1.807, 2.05) is 0 Å². The Morgan fingerprint density at radius 2 is 1.78 bits per heavy atom. The van der Waals surface area contributed by atoms with E-state index in [0.29, 0.717) is 11.8 Å². The van der Waals surface area contributed by atoms with Gasteiger partial charge in [-0.3, -0.25) is 19.7 Å². The molecule has 0 spiro atoms. The Morgan fingerprint density at radius 3 is 2.38 bits per heavy atom. The molecule has 1 fully saturated rings. The maximum absolute atomic E-state index is 12.9. The summed E-state index contributed by atoms with van der Waals surface area (Å²) < 4.78 is 44.1. The van der Waals surface area contributed by atoms with Crippen LogP contribution >= 0.6 is 0 Å². The van der Waals surface area contributed by atoms with Gasteiger partial charge in [-0.2, -0.15) is 13.2 Å². The Hall–Kier alpha value is -3.83. The van der Waals surface area contributed by atoms with Gasteiger partial charge in [0.25, 0.3) is 11.6 Å². The molecule has 2 aromatic rings. The summed E-state index contributed by atoms with van der Waals surface area (Å²) >= 11 is 0. The first kappa shape index (κ1) is 22.8. The molecule has 9 nitrogen and oxygen atoms in total. The number of anilines is 1. The molecule has 0 bridgehead atoms. The summed E-state index contributed by atoms with van der Waals surface area (Å²) in [6.45, 7) is 0.538. The summed E-state index contributed by atoms with van der Waals surface area (Å²) in [5.41, 5.74) is 3.77. The van der Waals surface area contributed by atoms with Crippen molar-refractivity contribution in [1.29, 1.82) is 0 Å². The first-order chi connectivity index (χ1) is 15.1. The van der Waals surface area contributed by atoms with Gasteiger partial charge in [0, 0.05) is 37.8 Å². The molecule has 1 aliphatic rings. The van der Waals surface area contributed by atoms with Gasteiger partial charge in [-0.25, -0.2) is 0 Å². The van der Waals surface area contributed by atoms with Crippen LogP contribution in [-0.4, -0.2) is 54.4 Å². The van der Waals surface area contributed by atoms with Crippen LogP contribution in [0.4, 0.5) is 24.5 Å². The zero-order valence-corrected chi connectivity index (χ0v) is 16.7. The van der Waals surface area contributed by atoms with Gasteiger partial charge in [0.15, 0.2) is 6.61 Å². The number of halogens is 3. The predicted molar refractivity (Wildman–Crippen MR) is 107 cm³/mol. The number of amides is 2. The van der Waals surface area contributed by atoms with Crippen LogP contribution in [0, 0.1) is 10.1 Å². The minimum atomic E-state index is -4.69. The maximum atomic E-state index is 12.9. The smallest absolute Gasteiger partial charge is 0.416 e. The largest absolute Gasteiger partial charge is 0.484 e. The van der Waals surface area contributed by atoms with Crippen LogP contribution in [0.5, 0.6) is 5.75 Å². The van der Waals surface area contributed by atoms with Crippen molar-refractivity contribution in [2.24, 2.45) is 5.73 Å². The number of hydrogen-bond acceptors (Lipinski definition) is 6. The molecule has 0 atom stereocenters. The second kappa shape index (κ2) is 9.12. The lowest BCUT2D eigenvalue weighted by Crippen LogP contribution is -2.50. The topological polar surface area (TPSA) is 119 Å². The van der Waals surface area contributed by atoms with E-state index in [9.17, 15) is 32.9 Å². The minimum Gasteiger partial charge on any atom is -0.484 e. The third kappa shape index (κ3) is 5.25. The van der Waals surface area contributed by atoms with E-state index in [1.54, 1.807) is 17.0 Å². The fourth-order valence-corrected chi connectivity index (χ4v) is 3.29. The highest BCUT2D eigenvalue weighted by atomic mass is 19.4. The van der Waals surface area contributed by atoms with Crippen molar-refractivity contribution in [3.63, 3.8) is 0 Å². The third-order valence-electron chi connectivity index (χ3n) is 4.95. The molecule has 170 valence electrons. The van der Waals surface area contributed by atoms with Crippen LogP contribution in [0.15, 0.2) is 42.5 Å². The van der Waals surface area contributed by atoms with Crippen molar-refractivity contribution in [1.82, 2.24) is 4.90 Å². The van der Waals surface area contributed by atoms with Crippen LogP contribution in [0.3, 0.4) is 0 Å². The summed E-state index contributed by atoms with van der Waals surface area (Å²) in [6.07, 6.45) is -4.69. The molecule has 1 aliphatic heterocycles. The van der Waals surface area contributed by atoms with E-state index in [-0.39, 0.29) is 49.9 Å². The first-order valence-corrected chi connectivity index (χ1v) is 9.47. The lowest BCUT2D eigenvalue weighted by molar-refractivity contribution is -0.384. The molecular formula is C20H19F3N4O5. The van der Waals surface area contributed by atoms with Crippen LogP contribution in [-0.2, 0) is 11.0 Å². The summed E-state index contributed by atoms with van der Waals surface area (Å²) in [7, 11) is 0. The molecule has 2 aromatic carbocycles. The normalized spacial score (nSPS) is 14.2. The van der Waals surface area contributed by atoms with Gasteiger partial charge in [-0.05, 0) is 30.3 Å². The zero-order valence-electron chi connectivity index (χ0n) is 16.7.